The number of aliphatic carboxylic acids is 1. The first kappa shape index (κ1) is 13.4. The molecular weight excluding hydrogens is 298 g/mol. The van der Waals surface area contributed by atoms with E-state index < -0.39 is 5.97 Å². The average molecular weight is 314 g/mol. The van der Waals surface area contributed by atoms with Crippen LogP contribution >= 0.6 is 15.9 Å². The third kappa shape index (κ3) is 3.46. The van der Waals surface area contributed by atoms with Gasteiger partial charge in [0, 0.05) is 11.0 Å². The molecule has 0 bridgehead atoms. The van der Waals surface area contributed by atoms with Gasteiger partial charge in [-0.1, -0.05) is 22.0 Å². The Morgan fingerprint density at radius 3 is 3.11 bits per heavy atom. The molecule has 0 spiro atoms. The summed E-state index contributed by atoms with van der Waals surface area (Å²) in [5.41, 5.74) is 0. The Balaban J connectivity index is 1.80. The van der Waals surface area contributed by atoms with Crippen molar-refractivity contribution in [1.29, 1.82) is 0 Å². The predicted octanol–water partition coefficient (Wildman–Crippen LogP) is 2.38. The Hall–Kier alpha value is -1.07. The topological polar surface area (TPSA) is 49.8 Å². The van der Waals surface area contributed by atoms with E-state index in [1.54, 1.807) is 0 Å². The lowest BCUT2D eigenvalue weighted by molar-refractivity contribution is -0.142. The van der Waals surface area contributed by atoms with E-state index >= 15 is 0 Å². The molecule has 0 unspecified atom stereocenters. The number of likely N-dealkylation sites (tertiary alicyclic amines) is 1. The van der Waals surface area contributed by atoms with Crippen LogP contribution in [0.4, 0.5) is 0 Å². The van der Waals surface area contributed by atoms with Gasteiger partial charge in [-0.2, -0.15) is 0 Å². The molecule has 1 atom stereocenters. The highest BCUT2D eigenvalue weighted by molar-refractivity contribution is 9.10. The van der Waals surface area contributed by atoms with Gasteiger partial charge < -0.3 is 9.84 Å². The number of ether oxygens (including phenoxy) is 1. The van der Waals surface area contributed by atoms with Crippen LogP contribution in [-0.2, 0) is 4.79 Å². The Labute approximate surface area is 115 Å². The SMILES string of the molecule is O=C(O)[C@H]1CCCN1CCOc1cccc(Br)c1. The van der Waals surface area contributed by atoms with E-state index in [1.807, 2.05) is 29.2 Å². The van der Waals surface area contributed by atoms with Crippen LogP contribution in [0.15, 0.2) is 28.7 Å². The quantitative estimate of drug-likeness (QED) is 0.906. The van der Waals surface area contributed by atoms with Crippen molar-refractivity contribution in [3.63, 3.8) is 0 Å². The maximum Gasteiger partial charge on any atom is 0.320 e. The Morgan fingerprint density at radius 2 is 2.39 bits per heavy atom. The Bertz CT molecular complexity index is 424. The molecule has 98 valence electrons. The normalized spacial score (nSPS) is 19.9. The lowest BCUT2D eigenvalue weighted by Gasteiger charge is -2.20. The number of hydrogen-bond acceptors (Lipinski definition) is 3. The van der Waals surface area contributed by atoms with E-state index in [-0.39, 0.29) is 6.04 Å². The van der Waals surface area contributed by atoms with Crippen molar-refractivity contribution < 1.29 is 14.6 Å². The monoisotopic (exact) mass is 313 g/mol. The molecule has 1 N–H and O–H groups in total. The number of carbonyl (C=O) groups is 1. The number of benzene rings is 1. The van der Waals surface area contributed by atoms with Gasteiger partial charge in [0.1, 0.15) is 18.4 Å². The molecule has 1 aromatic carbocycles. The first-order chi connectivity index (χ1) is 8.66. The lowest BCUT2D eigenvalue weighted by atomic mass is 10.2. The zero-order valence-corrected chi connectivity index (χ0v) is 11.6. The van der Waals surface area contributed by atoms with Crippen LogP contribution < -0.4 is 4.74 Å². The smallest absolute Gasteiger partial charge is 0.320 e. The first-order valence-electron chi connectivity index (χ1n) is 6.02. The van der Waals surface area contributed by atoms with Gasteiger partial charge in [-0.05, 0) is 37.6 Å². The number of halogens is 1. The van der Waals surface area contributed by atoms with Gasteiger partial charge in [-0.15, -0.1) is 0 Å². The molecule has 1 aromatic rings. The summed E-state index contributed by atoms with van der Waals surface area (Å²) < 4.78 is 6.59. The molecule has 18 heavy (non-hydrogen) atoms. The largest absolute Gasteiger partial charge is 0.492 e. The van der Waals surface area contributed by atoms with Crippen molar-refractivity contribution in [3.8, 4) is 5.75 Å². The van der Waals surface area contributed by atoms with Gasteiger partial charge in [-0.3, -0.25) is 9.69 Å². The molecule has 5 heteroatoms. The van der Waals surface area contributed by atoms with E-state index in [1.165, 1.54) is 0 Å². The van der Waals surface area contributed by atoms with Crippen LogP contribution in [0.1, 0.15) is 12.8 Å². The van der Waals surface area contributed by atoms with E-state index in [0.29, 0.717) is 13.2 Å². The second-order valence-corrected chi connectivity index (χ2v) is 5.25. The van der Waals surface area contributed by atoms with Gasteiger partial charge in [-0.25, -0.2) is 0 Å². The second-order valence-electron chi connectivity index (χ2n) is 4.34. The second kappa shape index (κ2) is 6.20. The third-order valence-corrected chi connectivity index (χ3v) is 3.59. The summed E-state index contributed by atoms with van der Waals surface area (Å²) in [7, 11) is 0. The molecule has 0 saturated carbocycles. The van der Waals surface area contributed by atoms with Crippen LogP contribution in [0.2, 0.25) is 0 Å². The number of nitrogens with zero attached hydrogens (tertiary/aromatic N) is 1. The maximum atomic E-state index is 11.0. The molecule has 0 radical (unpaired) electrons. The van der Waals surface area contributed by atoms with Crippen molar-refractivity contribution >= 4 is 21.9 Å². The van der Waals surface area contributed by atoms with Crippen LogP contribution in [0.3, 0.4) is 0 Å². The van der Waals surface area contributed by atoms with Crippen LogP contribution in [0, 0.1) is 0 Å². The highest BCUT2D eigenvalue weighted by Gasteiger charge is 2.29. The average Bonchev–Trinajstić information content (AvgIpc) is 2.77. The molecule has 4 nitrogen and oxygen atoms in total. The van der Waals surface area contributed by atoms with Crippen LogP contribution in [0.5, 0.6) is 5.75 Å². The van der Waals surface area contributed by atoms with E-state index in [0.717, 1.165) is 29.6 Å². The van der Waals surface area contributed by atoms with Crippen molar-refractivity contribution in [1.82, 2.24) is 4.90 Å². The fraction of sp³-hybridized carbons (Fsp3) is 0.462. The molecule has 1 fully saturated rings. The third-order valence-electron chi connectivity index (χ3n) is 3.09. The van der Waals surface area contributed by atoms with Gasteiger partial charge in [0.25, 0.3) is 0 Å². The van der Waals surface area contributed by atoms with Crippen LogP contribution in [0.25, 0.3) is 0 Å². The fourth-order valence-corrected chi connectivity index (χ4v) is 2.59. The van der Waals surface area contributed by atoms with Gasteiger partial charge in [0.15, 0.2) is 0 Å². The summed E-state index contributed by atoms with van der Waals surface area (Å²) in [4.78, 5) is 13.0. The van der Waals surface area contributed by atoms with Gasteiger partial charge in [0.2, 0.25) is 0 Å². The van der Waals surface area contributed by atoms with E-state index in [4.69, 9.17) is 9.84 Å². The number of carboxylic acids is 1. The highest BCUT2D eigenvalue weighted by atomic mass is 79.9. The van der Waals surface area contributed by atoms with Gasteiger partial charge >= 0.3 is 5.97 Å². The Kier molecular flexibility index (Phi) is 4.60. The lowest BCUT2D eigenvalue weighted by Crippen LogP contribution is -2.38. The molecule has 1 aliphatic heterocycles. The molecule has 0 aromatic heterocycles. The minimum atomic E-state index is -0.727. The summed E-state index contributed by atoms with van der Waals surface area (Å²) in [5, 5.41) is 9.05. The molecule has 0 amide bonds. The predicted molar refractivity (Wildman–Crippen MR) is 71.9 cm³/mol. The van der Waals surface area contributed by atoms with Gasteiger partial charge in [0.05, 0.1) is 0 Å². The number of rotatable bonds is 5. The maximum absolute atomic E-state index is 11.0. The minimum absolute atomic E-state index is 0.337. The zero-order valence-electron chi connectivity index (χ0n) is 10.0. The van der Waals surface area contributed by atoms with Crippen molar-refractivity contribution in [2.45, 2.75) is 18.9 Å². The van der Waals surface area contributed by atoms with Crippen molar-refractivity contribution in [2.24, 2.45) is 0 Å². The first-order valence-corrected chi connectivity index (χ1v) is 6.81. The number of hydrogen-bond donors (Lipinski definition) is 1. The minimum Gasteiger partial charge on any atom is -0.492 e. The molecule has 1 aliphatic rings. The zero-order chi connectivity index (χ0) is 13.0. The standard InChI is InChI=1S/C13H16BrNO3/c14-10-3-1-4-11(9-10)18-8-7-15-6-2-5-12(15)13(16)17/h1,3-4,9,12H,2,5-8H2,(H,16,17)/t12-/m1/s1. The molecular formula is C13H16BrNO3. The molecule has 2 rings (SSSR count). The summed E-state index contributed by atoms with van der Waals surface area (Å²) in [5.74, 6) is 0.0744. The van der Waals surface area contributed by atoms with Crippen molar-refractivity contribution in [2.75, 3.05) is 19.7 Å². The Morgan fingerprint density at radius 1 is 1.56 bits per heavy atom. The van der Waals surface area contributed by atoms with E-state index in [9.17, 15) is 4.79 Å². The highest BCUT2D eigenvalue weighted by Crippen LogP contribution is 2.19. The summed E-state index contributed by atoms with van der Waals surface area (Å²) >= 11 is 3.38. The van der Waals surface area contributed by atoms with Crippen molar-refractivity contribution in [3.05, 3.63) is 28.7 Å². The summed E-state index contributed by atoms with van der Waals surface area (Å²) in [6, 6.07) is 7.31. The summed E-state index contributed by atoms with van der Waals surface area (Å²) in [6.07, 6.45) is 1.69. The summed E-state index contributed by atoms with van der Waals surface area (Å²) in [6.45, 7) is 2.02. The fourth-order valence-electron chi connectivity index (χ4n) is 2.21. The number of carboxylic acid groups (broad SMARTS) is 1. The van der Waals surface area contributed by atoms with Crippen LogP contribution in [-0.4, -0.2) is 41.7 Å². The molecule has 0 aliphatic carbocycles. The molecule has 1 saturated heterocycles. The van der Waals surface area contributed by atoms with E-state index in [2.05, 4.69) is 15.9 Å². The molecule has 1 heterocycles.